The standard InChI is InChI=1S/C20H26N2O2/c1-2-3-7-16-10-12-18(13-11-16)24-15-14-19(21)20(23)22-17-8-5-4-6-9-17/h4-6,8-13,19H,2-3,7,14-15,21H2,1H3,(H,22,23). The number of aryl methyl sites for hydroxylation is 1. The Morgan fingerprint density at radius 2 is 1.83 bits per heavy atom. The van der Waals surface area contributed by atoms with Crippen LogP contribution in [0.5, 0.6) is 5.75 Å². The minimum Gasteiger partial charge on any atom is -0.494 e. The quantitative estimate of drug-likeness (QED) is 0.737. The lowest BCUT2D eigenvalue weighted by Crippen LogP contribution is -2.36. The van der Waals surface area contributed by atoms with Gasteiger partial charge in [-0.15, -0.1) is 0 Å². The summed E-state index contributed by atoms with van der Waals surface area (Å²) in [6.45, 7) is 2.60. The maximum absolute atomic E-state index is 12.0. The lowest BCUT2D eigenvalue weighted by atomic mass is 10.1. The van der Waals surface area contributed by atoms with E-state index in [9.17, 15) is 4.79 Å². The van der Waals surface area contributed by atoms with Crippen LogP contribution in [0.25, 0.3) is 0 Å². The molecule has 0 radical (unpaired) electrons. The minimum atomic E-state index is -0.589. The van der Waals surface area contributed by atoms with Crippen molar-refractivity contribution in [3.63, 3.8) is 0 Å². The van der Waals surface area contributed by atoms with Gasteiger partial charge in [-0.1, -0.05) is 43.7 Å². The number of nitrogens with two attached hydrogens (primary N) is 1. The smallest absolute Gasteiger partial charge is 0.241 e. The van der Waals surface area contributed by atoms with E-state index in [-0.39, 0.29) is 5.91 Å². The number of benzene rings is 2. The first kappa shape index (κ1) is 18.0. The topological polar surface area (TPSA) is 64.3 Å². The molecule has 2 aromatic rings. The lowest BCUT2D eigenvalue weighted by molar-refractivity contribution is -0.117. The highest BCUT2D eigenvalue weighted by molar-refractivity contribution is 5.94. The first-order valence-corrected chi connectivity index (χ1v) is 8.52. The molecule has 1 unspecified atom stereocenters. The van der Waals surface area contributed by atoms with Crippen molar-refractivity contribution in [3.8, 4) is 5.75 Å². The average molecular weight is 326 g/mol. The molecule has 0 aliphatic heterocycles. The molecule has 0 aromatic heterocycles. The summed E-state index contributed by atoms with van der Waals surface area (Å²) in [6.07, 6.45) is 3.96. The van der Waals surface area contributed by atoms with E-state index in [1.807, 2.05) is 42.5 Å². The molecule has 0 heterocycles. The summed E-state index contributed by atoms with van der Waals surface area (Å²) in [7, 11) is 0. The van der Waals surface area contributed by atoms with Gasteiger partial charge in [0.2, 0.25) is 5.91 Å². The third-order valence-corrected chi connectivity index (χ3v) is 3.82. The summed E-state index contributed by atoms with van der Waals surface area (Å²) in [5.74, 6) is 0.616. The number of ether oxygens (including phenoxy) is 1. The molecule has 0 fully saturated rings. The van der Waals surface area contributed by atoms with Crippen LogP contribution in [0.15, 0.2) is 54.6 Å². The van der Waals surface area contributed by atoms with Crippen molar-refractivity contribution >= 4 is 11.6 Å². The number of nitrogens with one attached hydrogen (secondary N) is 1. The minimum absolute atomic E-state index is 0.195. The maximum atomic E-state index is 12.0. The number of carbonyl (C=O) groups excluding carboxylic acids is 1. The van der Waals surface area contributed by atoms with Crippen LogP contribution in [0, 0.1) is 0 Å². The van der Waals surface area contributed by atoms with Crippen LogP contribution < -0.4 is 15.8 Å². The second-order valence-electron chi connectivity index (χ2n) is 5.85. The van der Waals surface area contributed by atoms with E-state index >= 15 is 0 Å². The Bertz CT molecular complexity index is 611. The van der Waals surface area contributed by atoms with Gasteiger partial charge in [0.1, 0.15) is 5.75 Å². The fourth-order valence-electron chi connectivity index (χ4n) is 2.32. The summed E-state index contributed by atoms with van der Waals surface area (Å²) >= 11 is 0. The van der Waals surface area contributed by atoms with Crippen LogP contribution in [0.1, 0.15) is 31.7 Å². The van der Waals surface area contributed by atoms with Gasteiger partial charge in [0, 0.05) is 12.1 Å². The number of unbranched alkanes of at least 4 members (excludes halogenated alkanes) is 1. The van der Waals surface area contributed by atoms with Crippen molar-refractivity contribution in [2.45, 2.75) is 38.6 Å². The van der Waals surface area contributed by atoms with E-state index < -0.39 is 6.04 Å². The molecule has 2 rings (SSSR count). The molecule has 0 saturated carbocycles. The van der Waals surface area contributed by atoms with Gasteiger partial charge in [0.15, 0.2) is 0 Å². The zero-order valence-corrected chi connectivity index (χ0v) is 14.2. The Kier molecular flexibility index (Phi) is 7.30. The van der Waals surface area contributed by atoms with Crippen molar-refractivity contribution in [3.05, 3.63) is 60.2 Å². The van der Waals surface area contributed by atoms with Crippen molar-refractivity contribution in [1.82, 2.24) is 0 Å². The predicted octanol–water partition coefficient (Wildman–Crippen LogP) is 3.76. The summed E-state index contributed by atoms with van der Waals surface area (Å²) in [5, 5.41) is 2.80. The number of amides is 1. The molecule has 24 heavy (non-hydrogen) atoms. The molecule has 1 amide bonds. The highest BCUT2D eigenvalue weighted by Crippen LogP contribution is 2.14. The number of rotatable bonds is 9. The molecule has 4 nitrogen and oxygen atoms in total. The number of anilines is 1. The van der Waals surface area contributed by atoms with Crippen LogP contribution in [0.3, 0.4) is 0 Å². The first-order valence-electron chi connectivity index (χ1n) is 8.52. The Morgan fingerprint density at radius 1 is 1.12 bits per heavy atom. The van der Waals surface area contributed by atoms with Gasteiger partial charge in [0.05, 0.1) is 12.6 Å². The fraction of sp³-hybridized carbons (Fsp3) is 0.350. The molecular weight excluding hydrogens is 300 g/mol. The van der Waals surface area contributed by atoms with Crippen LogP contribution in [0.4, 0.5) is 5.69 Å². The van der Waals surface area contributed by atoms with E-state index in [2.05, 4.69) is 24.4 Å². The number of carbonyl (C=O) groups is 1. The summed E-state index contributed by atoms with van der Waals surface area (Å²) in [4.78, 5) is 12.0. The Labute approximate surface area is 144 Å². The van der Waals surface area contributed by atoms with E-state index in [0.29, 0.717) is 13.0 Å². The summed E-state index contributed by atoms with van der Waals surface area (Å²) < 4.78 is 5.68. The zero-order chi connectivity index (χ0) is 17.2. The Balaban J connectivity index is 1.71. The van der Waals surface area contributed by atoms with Crippen molar-refractivity contribution in [2.75, 3.05) is 11.9 Å². The van der Waals surface area contributed by atoms with Crippen molar-refractivity contribution in [2.24, 2.45) is 5.73 Å². The molecule has 0 aliphatic carbocycles. The maximum Gasteiger partial charge on any atom is 0.241 e. The van der Waals surface area contributed by atoms with Crippen LogP contribution in [0.2, 0.25) is 0 Å². The molecule has 0 saturated heterocycles. The molecule has 4 heteroatoms. The second kappa shape index (κ2) is 9.73. The Hall–Kier alpha value is -2.33. The average Bonchev–Trinajstić information content (AvgIpc) is 2.61. The van der Waals surface area contributed by atoms with Gasteiger partial charge in [-0.05, 0) is 42.7 Å². The van der Waals surface area contributed by atoms with Gasteiger partial charge in [-0.3, -0.25) is 4.79 Å². The highest BCUT2D eigenvalue weighted by atomic mass is 16.5. The number of hydrogen-bond acceptors (Lipinski definition) is 3. The van der Waals surface area contributed by atoms with Crippen LogP contribution in [-0.4, -0.2) is 18.6 Å². The van der Waals surface area contributed by atoms with Crippen LogP contribution in [-0.2, 0) is 11.2 Å². The molecule has 2 aromatic carbocycles. The summed E-state index contributed by atoms with van der Waals surface area (Å²) in [5.41, 5.74) is 7.99. The number of hydrogen-bond donors (Lipinski definition) is 2. The second-order valence-corrected chi connectivity index (χ2v) is 5.85. The predicted molar refractivity (Wildman–Crippen MR) is 98.2 cm³/mol. The van der Waals surface area contributed by atoms with Gasteiger partial charge in [0.25, 0.3) is 0 Å². The SMILES string of the molecule is CCCCc1ccc(OCCC(N)C(=O)Nc2ccccc2)cc1. The molecule has 0 bridgehead atoms. The summed E-state index contributed by atoms with van der Waals surface area (Å²) in [6, 6.07) is 16.8. The van der Waals surface area contributed by atoms with Gasteiger partial charge in [-0.2, -0.15) is 0 Å². The molecule has 128 valence electrons. The van der Waals surface area contributed by atoms with E-state index in [1.165, 1.54) is 18.4 Å². The molecule has 1 atom stereocenters. The lowest BCUT2D eigenvalue weighted by Gasteiger charge is -2.13. The molecule has 0 aliphatic rings. The van der Waals surface area contributed by atoms with Crippen molar-refractivity contribution in [1.29, 1.82) is 0 Å². The number of para-hydroxylation sites is 1. The van der Waals surface area contributed by atoms with Crippen LogP contribution >= 0.6 is 0 Å². The van der Waals surface area contributed by atoms with Gasteiger partial charge >= 0.3 is 0 Å². The van der Waals surface area contributed by atoms with E-state index in [1.54, 1.807) is 0 Å². The van der Waals surface area contributed by atoms with Gasteiger partial charge < -0.3 is 15.8 Å². The highest BCUT2D eigenvalue weighted by Gasteiger charge is 2.13. The Morgan fingerprint density at radius 3 is 2.50 bits per heavy atom. The molecular formula is C20H26N2O2. The van der Waals surface area contributed by atoms with Gasteiger partial charge in [-0.25, -0.2) is 0 Å². The normalized spacial score (nSPS) is 11.8. The first-order chi connectivity index (χ1) is 11.7. The van der Waals surface area contributed by atoms with Crippen molar-refractivity contribution < 1.29 is 9.53 Å². The zero-order valence-electron chi connectivity index (χ0n) is 14.2. The monoisotopic (exact) mass is 326 g/mol. The largest absolute Gasteiger partial charge is 0.494 e. The molecule has 3 N–H and O–H groups in total. The van der Waals surface area contributed by atoms with E-state index in [4.69, 9.17) is 10.5 Å². The van der Waals surface area contributed by atoms with E-state index in [0.717, 1.165) is 17.9 Å². The molecule has 0 spiro atoms. The third kappa shape index (κ3) is 6.05. The fourth-order valence-corrected chi connectivity index (χ4v) is 2.32. The third-order valence-electron chi connectivity index (χ3n) is 3.82.